The number of ether oxygens (including phenoxy) is 3. The molecule has 178 valence electrons. The zero-order valence-corrected chi connectivity index (χ0v) is 18.8. The number of hydrogen-bond donors (Lipinski definition) is 3. The van der Waals surface area contributed by atoms with Crippen molar-refractivity contribution >= 4 is 23.0 Å². The largest absolute Gasteiger partial charge is 0.507 e. The molecule has 1 amide bonds. The van der Waals surface area contributed by atoms with Crippen molar-refractivity contribution in [2.75, 3.05) is 13.7 Å². The van der Waals surface area contributed by atoms with Crippen LogP contribution in [0.4, 0.5) is 4.79 Å². The zero-order chi connectivity index (χ0) is 24.6. The third-order valence-corrected chi connectivity index (χ3v) is 5.46. The molecule has 10 nitrogen and oxygen atoms in total. The molecule has 0 fully saturated rings. The lowest BCUT2D eigenvalue weighted by Crippen LogP contribution is -2.33. The highest BCUT2D eigenvalue weighted by molar-refractivity contribution is 5.92. The highest BCUT2D eigenvalue weighted by atomic mass is 16.6. The topological polar surface area (TPSA) is 145 Å². The van der Waals surface area contributed by atoms with E-state index in [0.29, 0.717) is 35.5 Å². The van der Waals surface area contributed by atoms with Gasteiger partial charge in [0.25, 0.3) is 0 Å². The summed E-state index contributed by atoms with van der Waals surface area (Å²) in [6.07, 6.45) is 0.0205. The summed E-state index contributed by atoms with van der Waals surface area (Å²) in [6, 6.07) is 7.84. The third-order valence-electron chi connectivity index (χ3n) is 5.46. The summed E-state index contributed by atoms with van der Waals surface area (Å²) < 4.78 is 22.4. The first kappa shape index (κ1) is 23.0. The maximum atomic E-state index is 13.4. The average Bonchev–Trinajstić information content (AvgIpc) is 2.78. The molecule has 10 heteroatoms. The molecule has 0 unspecified atom stereocenters. The maximum Gasteiger partial charge on any atom is 0.413 e. The molecule has 2 aromatic carbocycles. The number of phenols is 1. The van der Waals surface area contributed by atoms with Gasteiger partial charge < -0.3 is 34.2 Å². The Labute approximate surface area is 193 Å². The van der Waals surface area contributed by atoms with E-state index < -0.39 is 41.1 Å². The van der Waals surface area contributed by atoms with Crippen LogP contribution >= 0.6 is 0 Å². The third kappa shape index (κ3) is 4.34. The van der Waals surface area contributed by atoms with Gasteiger partial charge in [0.05, 0.1) is 7.11 Å². The maximum absolute atomic E-state index is 13.4. The van der Waals surface area contributed by atoms with Gasteiger partial charge in [-0.05, 0) is 51.0 Å². The van der Waals surface area contributed by atoms with Crippen molar-refractivity contribution in [3.8, 4) is 34.3 Å². The highest BCUT2D eigenvalue weighted by Crippen LogP contribution is 2.43. The van der Waals surface area contributed by atoms with Crippen molar-refractivity contribution in [1.82, 2.24) is 5.32 Å². The van der Waals surface area contributed by atoms with E-state index in [9.17, 15) is 19.5 Å². The molecule has 3 N–H and O–H groups in total. The van der Waals surface area contributed by atoms with Gasteiger partial charge in [-0.1, -0.05) is 0 Å². The first-order valence-electron chi connectivity index (χ1n) is 10.5. The molecule has 34 heavy (non-hydrogen) atoms. The molecule has 0 atom stereocenters. The summed E-state index contributed by atoms with van der Waals surface area (Å²) in [5.74, 6) is -1.28. The molecular formula is C24H23NO9. The highest BCUT2D eigenvalue weighted by Gasteiger charge is 2.32. The van der Waals surface area contributed by atoms with Crippen LogP contribution in [0.1, 0.15) is 25.8 Å². The predicted molar refractivity (Wildman–Crippen MR) is 121 cm³/mol. The van der Waals surface area contributed by atoms with Crippen LogP contribution in [0.25, 0.3) is 22.3 Å². The Bertz CT molecular complexity index is 1340. The minimum absolute atomic E-state index is 0.0664. The van der Waals surface area contributed by atoms with Gasteiger partial charge in [0.2, 0.25) is 11.2 Å². The van der Waals surface area contributed by atoms with Crippen molar-refractivity contribution in [2.24, 2.45) is 0 Å². The number of rotatable bonds is 5. The molecule has 0 radical (unpaired) electrons. The van der Waals surface area contributed by atoms with E-state index in [1.807, 2.05) is 19.2 Å². The van der Waals surface area contributed by atoms with E-state index >= 15 is 0 Å². The monoisotopic (exact) mass is 469 g/mol. The minimum Gasteiger partial charge on any atom is -0.507 e. The Kier molecular flexibility index (Phi) is 5.82. The van der Waals surface area contributed by atoms with Gasteiger partial charge in [0.1, 0.15) is 40.4 Å². The summed E-state index contributed by atoms with van der Waals surface area (Å²) in [5, 5.41) is 21.3. The van der Waals surface area contributed by atoms with Crippen molar-refractivity contribution in [1.29, 1.82) is 0 Å². The molecular weight excluding hydrogens is 446 g/mol. The Morgan fingerprint density at radius 1 is 1.21 bits per heavy atom. The zero-order valence-electron chi connectivity index (χ0n) is 18.8. The molecule has 0 bridgehead atoms. The second kappa shape index (κ2) is 8.62. The number of carbonyl (C=O) groups excluding carboxylic acids is 1. The molecule has 0 spiro atoms. The number of benzene rings is 2. The molecule has 2 heterocycles. The number of aromatic hydroxyl groups is 1. The van der Waals surface area contributed by atoms with E-state index in [1.165, 1.54) is 13.2 Å². The van der Waals surface area contributed by atoms with Crippen LogP contribution in [0.3, 0.4) is 0 Å². The number of methoxy groups -OCH3 is 1. The number of hydrogen-bond acceptors (Lipinski definition) is 8. The fourth-order valence-electron chi connectivity index (χ4n) is 3.76. The smallest absolute Gasteiger partial charge is 0.413 e. The number of fused-ring (bicyclic) bond motifs is 3. The summed E-state index contributed by atoms with van der Waals surface area (Å²) in [4.78, 5) is 36.4. The Morgan fingerprint density at radius 3 is 2.56 bits per heavy atom. The number of carbonyl (C=O) groups is 2. The number of amides is 1. The number of aliphatic carboxylic acids is 1. The second-order valence-electron chi connectivity index (χ2n) is 8.39. The quantitative estimate of drug-likeness (QED) is 0.511. The molecule has 1 aromatic heterocycles. The predicted octanol–water partition coefficient (Wildman–Crippen LogP) is 3.45. The second-order valence-corrected chi connectivity index (χ2v) is 8.39. The Hall–Kier alpha value is -4.21. The van der Waals surface area contributed by atoms with Gasteiger partial charge in [0.15, 0.2) is 5.76 Å². The van der Waals surface area contributed by atoms with Crippen molar-refractivity contribution in [3.63, 3.8) is 0 Å². The van der Waals surface area contributed by atoms with Crippen LogP contribution in [0, 0.1) is 0 Å². The summed E-state index contributed by atoms with van der Waals surface area (Å²) >= 11 is 0. The Balaban J connectivity index is 1.93. The standard InChI is InChI=1S/C24H23NO9/c1-24(2)9-8-14-16(34-24)10-15(26)18-19(29)22(33-23(30)25-11-17(27)28)20(32-21(14)18)12-4-6-13(31-3)7-5-12/h4-7,10,26H,8-9,11H2,1-3H3,(H,25,30)(H,27,28). The van der Waals surface area contributed by atoms with E-state index in [0.717, 1.165) is 0 Å². The van der Waals surface area contributed by atoms with Gasteiger partial charge in [-0.3, -0.25) is 9.59 Å². The molecule has 4 rings (SSSR count). The van der Waals surface area contributed by atoms with Crippen LogP contribution in [0.2, 0.25) is 0 Å². The molecule has 0 aliphatic carbocycles. The fraction of sp³-hybridized carbons (Fsp3) is 0.292. The minimum atomic E-state index is -1.29. The number of carboxylic acid groups (broad SMARTS) is 1. The van der Waals surface area contributed by atoms with Crippen LogP contribution in [0.15, 0.2) is 39.5 Å². The van der Waals surface area contributed by atoms with Gasteiger partial charge in [-0.25, -0.2) is 4.79 Å². The fourth-order valence-corrected chi connectivity index (χ4v) is 3.76. The van der Waals surface area contributed by atoms with Gasteiger partial charge >= 0.3 is 12.1 Å². The lowest BCUT2D eigenvalue weighted by atomic mass is 9.92. The van der Waals surface area contributed by atoms with Crippen LogP contribution < -0.4 is 25.0 Å². The van der Waals surface area contributed by atoms with Gasteiger partial charge in [0, 0.05) is 17.2 Å². The van der Waals surface area contributed by atoms with E-state index in [-0.39, 0.29) is 16.7 Å². The van der Waals surface area contributed by atoms with Crippen LogP contribution in [-0.4, -0.2) is 41.5 Å². The molecule has 1 aliphatic rings. The lowest BCUT2D eigenvalue weighted by Gasteiger charge is -2.32. The van der Waals surface area contributed by atoms with E-state index in [1.54, 1.807) is 24.3 Å². The molecule has 0 saturated carbocycles. The van der Waals surface area contributed by atoms with Gasteiger partial charge in [-0.2, -0.15) is 0 Å². The average molecular weight is 469 g/mol. The van der Waals surface area contributed by atoms with Crippen LogP contribution in [0.5, 0.6) is 23.0 Å². The normalized spacial score (nSPS) is 14.1. The van der Waals surface area contributed by atoms with E-state index in [2.05, 4.69) is 0 Å². The van der Waals surface area contributed by atoms with Crippen molar-refractivity contribution in [2.45, 2.75) is 32.3 Å². The summed E-state index contributed by atoms with van der Waals surface area (Å²) in [5.41, 5.74) is -0.115. The van der Waals surface area contributed by atoms with Crippen molar-refractivity contribution < 1.29 is 38.4 Å². The number of nitrogens with one attached hydrogen (secondary N) is 1. The molecule has 1 aliphatic heterocycles. The SMILES string of the molecule is COc1ccc(-c2oc3c4c(cc(O)c3c(=O)c2OC(=O)NCC(=O)O)OC(C)(C)CC4)cc1. The number of aryl methyl sites for hydroxylation is 1. The first-order chi connectivity index (χ1) is 16.1. The Morgan fingerprint density at radius 2 is 1.91 bits per heavy atom. The van der Waals surface area contributed by atoms with Gasteiger partial charge in [-0.15, -0.1) is 0 Å². The first-order valence-corrected chi connectivity index (χ1v) is 10.5. The van der Waals surface area contributed by atoms with Crippen molar-refractivity contribution in [3.05, 3.63) is 46.1 Å². The van der Waals surface area contributed by atoms with Crippen LogP contribution in [-0.2, 0) is 11.2 Å². The number of phenolic OH excluding ortho intramolecular Hbond substituents is 1. The number of carboxylic acids is 1. The van der Waals surface area contributed by atoms with E-state index in [4.69, 9.17) is 23.7 Å². The summed E-state index contributed by atoms with van der Waals surface area (Å²) in [7, 11) is 1.50. The molecule has 3 aromatic rings. The lowest BCUT2D eigenvalue weighted by molar-refractivity contribution is -0.135. The molecule has 0 saturated heterocycles. The summed E-state index contributed by atoms with van der Waals surface area (Å²) in [6.45, 7) is 3.13.